The molecule has 1 amide bonds. The Balaban J connectivity index is 2.05. The number of alkyl halides is 1. The molecule has 1 aliphatic heterocycles. The van der Waals surface area contributed by atoms with E-state index in [4.69, 9.17) is 5.11 Å². The second-order valence-corrected chi connectivity index (χ2v) is 8.75. The maximum absolute atomic E-state index is 14.0. The molecular weight excluding hydrogens is 337 g/mol. The fraction of sp³-hybridized carbons (Fsp3) is 0.500. The molecule has 1 heterocycles. The summed E-state index contributed by atoms with van der Waals surface area (Å²) in [5, 5.41) is 8.30. The highest BCUT2D eigenvalue weighted by Gasteiger charge is 2.46. The number of amides is 1. The van der Waals surface area contributed by atoms with Crippen molar-refractivity contribution in [3.8, 4) is 0 Å². The molecule has 1 aromatic carbocycles. The molecule has 8 heteroatoms. The van der Waals surface area contributed by atoms with Crippen LogP contribution < -0.4 is 0 Å². The van der Waals surface area contributed by atoms with Crippen LogP contribution in [0.25, 0.3) is 0 Å². The van der Waals surface area contributed by atoms with Gasteiger partial charge in [-0.05, 0) is 31.5 Å². The first-order valence-electron chi connectivity index (χ1n) is 7.59. The summed E-state index contributed by atoms with van der Waals surface area (Å²) in [5.41, 5.74) is -1.79. The average Bonchev–Trinajstić information content (AvgIpc) is 2.92. The highest BCUT2D eigenvalue weighted by Crippen LogP contribution is 2.26. The second kappa shape index (κ2) is 6.51. The fourth-order valence-electron chi connectivity index (χ4n) is 2.52. The minimum Gasteiger partial charge on any atom is -0.479 e. The van der Waals surface area contributed by atoms with E-state index in [9.17, 15) is 22.4 Å². The van der Waals surface area contributed by atoms with Gasteiger partial charge in [0.15, 0.2) is 9.84 Å². The zero-order valence-corrected chi connectivity index (χ0v) is 14.3. The van der Waals surface area contributed by atoms with Gasteiger partial charge in [0.25, 0.3) is 0 Å². The van der Waals surface area contributed by atoms with Gasteiger partial charge in [-0.1, -0.05) is 12.1 Å². The van der Waals surface area contributed by atoms with Crippen molar-refractivity contribution in [2.24, 2.45) is 0 Å². The lowest BCUT2D eigenvalue weighted by Gasteiger charge is -2.18. The number of carboxylic acid groups (broad SMARTS) is 1. The summed E-state index contributed by atoms with van der Waals surface area (Å²) in [4.78, 5) is 24.4. The first-order valence-corrected chi connectivity index (χ1v) is 9.14. The number of likely N-dealkylation sites (tertiary alicyclic amines) is 1. The minimum atomic E-state index is -3.37. The van der Waals surface area contributed by atoms with Crippen molar-refractivity contribution < 1.29 is 27.5 Å². The third-order valence-corrected chi connectivity index (χ3v) is 6.35. The van der Waals surface area contributed by atoms with E-state index in [1.165, 1.54) is 17.0 Å². The summed E-state index contributed by atoms with van der Waals surface area (Å²) >= 11 is 0. The lowest BCUT2D eigenvalue weighted by Crippen LogP contribution is -2.39. The molecule has 1 fully saturated rings. The Morgan fingerprint density at radius 3 is 2.33 bits per heavy atom. The van der Waals surface area contributed by atoms with E-state index in [0.29, 0.717) is 5.56 Å². The quantitative estimate of drug-likeness (QED) is 0.861. The van der Waals surface area contributed by atoms with Gasteiger partial charge in [0.05, 0.1) is 23.1 Å². The van der Waals surface area contributed by atoms with Gasteiger partial charge in [-0.2, -0.15) is 0 Å². The van der Waals surface area contributed by atoms with Crippen LogP contribution >= 0.6 is 0 Å². The van der Waals surface area contributed by atoms with E-state index in [1.807, 2.05) is 0 Å². The molecule has 1 atom stereocenters. The van der Waals surface area contributed by atoms with Crippen LogP contribution in [0.4, 0.5) is 4.39 Å². The predicted octanol–water partition coefficient (Wildman–Crippen LogP) is 1.44. The van der Waals surface area contributed by atoms with Crippen LogP contribution in [0.5, 0.6) is 0 Å². The summed E-state index contributed by atoms with van der Waals surface area (Å²) in [5.74, 6) is -1.93. The van der Waals surface area contributed by atoms with Gasteiger partial charge in [-0.25, -0.2) is 17.6 Å². The number of benzene rings is 1. The fourth-order valence-corrected chi connectivity index (χ4v) is 3.58. The van der Waals surface area contributed by atoms with Crippen molar-refractivity contribution in [2.75, 3.05) is 13.1 Å². The maximum Gasteiger partial charge on any atom is 0.343 e. The smallest absolute Gasteiger partial charge is 0.343 e. The molecule has 24 heavy (non-hydrogen) atoms. The molecule has 2 rings (SSSR count). The molecule has 1 saturated heterocycles. The molecule has 6 nitrogen and oxygen atoms in total. The summed E-state index contributed by atoms with van der Waals surface area (Å²) < 4.78 is 38.1. The number of aliphatic carboxylic acids is 1. The van der Waals surface area contributed by atoms with E-state index >= 15 is 0 Å². The number of nitrogens with zero attached hydrogens (tertiary/aromatic N) is 1. The maximum atomic E-state index is 14.0. The number of carboxylic acids is 1. The van der Waals surface area contributed by atoms with Crippen LogP contribution in [0.15, 0.2) is 29.2 Å². The average molecular weight is 357 g/mol. The first-order chi connectivity index (χ1) is 11.1. The number of hydrogen-bond acceptors (Lipinski definition) is 4. The van der Waals surface area contributed by atoms with Gasteiger partial charge in [0.1, 0.15) is 0 Å². The Hall–Kier alpha value is -1.96. The van der Waals surface area contributed by atoms with Gasteiger partial charge in [-0.3, -0.25) is 4.79 Å². The van der Waals surface area contributed by atoms with Crippen LogP contribution in [-0.2, 0) is 25.8 Å². The topological polar surface area (TPSA) is 91.8 Å². The summed E-state index contributed by atoms with van der Waals surface area (Å²) in [6.07, 6.45) is -0.253. The number of sulfone groups is 1. The number of rotatable bonds is 5. The first kappa shape index (κ1) is 18.4. The van der Waals surface area contributed by atoms with Crippen molar-refractivity contribution in [2.45, 2.75) is 42.5 Å². The zero-order valence-electron chi connectivity index (χ0n) is 13.5. The summed E-state index contributed by atoms with van der Waals surface area (Å²) in [7, 11) is -3.37. The Kier molecular flexibility index (Phi) is 4.98. The lowest BCUT2D eigenvalue weighted by molar-refractivity contribution is -0.150. The molecule has 0 aliphatic carbocycles. The van der Waals surface area contributed by atoms with Crippen LogP contribution in [-0.4, -0.2) is 54.3 Å². The molecule has 0 spiro atoms. The SMILES string of the molecule is CC(C)S(=O)(=O)c1ccc(CC(=O)N2CCC(F)(C(=O)O)C2)cc1. The Morgan fingerprint density at radius 1 is 1.29 bits per heavy atom. The Bertz CT molecular complexity index is 744. The molecule has 0 bridgehead atoms. The molecule has 0 aromatic heterocycles. The molecule has 0 radical (unpaired) electrons. The standard InChI is InChI=1S/C16H20FNO5S/c1-11(2)24(22,23)13-5-3-12(4-6-13)9-14(19)18-8-7-16(17,10-18)15(20)21/h3-6,11H,7-10H2,1-2H3,(H,20,21). The summed E-state index contributed by atoms with van der Waals surface area (Å²) in [6.45, 7) is 2.78. The monoisotopic (exact) mass is 357 g/mol. The van der Waals surface area contributed by atoms with Crippen molar-refractivity contribution >= 4 is 21.7 Å². The van der Waals surface area contributed by atoms with Crippen LogP contribution in [0.3, 0.4) is 0 Å². The molecular formula is C16H20FNO5S. The van der Waals surface area contributed by atoms with E-state index in [1.54, 1.807) is 26.0 Å². The summed E-state index contributed by atoms with van der Waals surface area (Å²) in [6, 6.07) is 5.98. The third-order valence-electron chi connectivity index (χ3n) is 4.18. The number of carbonyl (C=O) groups excluding carboxylic acids is 1. The van der Waals surface area contributed by atoms with E-state index in [2.05, 4.69) is 0 Å². The highest BCUT2D eigenvalue weighted by atomic mass is 32.2. The van der Waals surface area contributed by atoms with E-state index in [-0.39, 0.29) is 30.2 Å². The van der Waals surface area contributed by atoms with Gasteiger partial charge in [0.2, 0.25) is 11.6 Å². The lowest BCUT2D eigenvalue weighted by atomic mass is 10.1. The van der Waals surface area contributed by atoms with Crippen LogP contribution in [0.2, 0.25) is 0 Å². The molecule has 132 valence electrons. The van der Waals surface area contributed by atoms with Crippen molar-refractivity contribution in [1.82, 2.24) is 4.90 Å². The third kappa shape index (κ3) is 3.58. The van der Waals surface area contributed by atoms with E-state index < -0.39 is 33.3 Å². The van der Waals surface area contributed by atoms with Crippen molar-refractivity contribution in [3.63, 3.8) is 0 Å². The number of carbonyl (C=O) groups is 2. The molecule has 1 aromatic rings. The van der Waals surface area contributed by atoms with Crippen LogP contribution in [0.1, 0.15) is 25.8 Å². The highest BCUT2D eigenvalue weighted by molar-refractivity contribution is 7.92. The minimum absolute atomic E-state index is 0.0301. The predicted molar refractivity (Wildman–Crippen MR) is 85.1 cm³/mol. The molecule has 0 saturated carbocycles. The largest absolute Gasteiger partial charge is 0.479 e. The molecule has 1 aliphatic rings. The molecule has 1 unspecified atom stereocenters. The second-order valence-electron chi connectivity index (χ2n) is 6.25. The van der Waals surface area contributed by atoms with Crippen molar-refractivity contribution in [1.29, 1.82) is 0 Å². The van der Waals surface area contributed by atoms with Gasteiger partial charge >= 0.3 is 5.97 Å². The Labute approximate surface area is 140 Å². The van der Waals surface area contributed by atoms with Gasteiger partial charge in [-0.15, -0.1) is 0 Å². The number of hydrogen-bond donors (Lipinski definition) is 1. The normalized spacial score (nSPS) is 21.2. The van der Waals surface area contributed by atoms with Gasteiger partial charge in [0, 0.05) is 13.0 Å². The zero-order chi connectivity index (χ0) is 18.1. The Morgan fingerprint density at radius 2 is 1.88 bits per heavy atom. The molecule has 1 N–H and O–H groups in total. The van der Waals surface area contributed by atoms with Gasteiger partial charge < -0.3 is 10.0 Å². The van der Waals surface area contributed by atoms with Crippen molar-refractivity contribution in [3.05, 3.63) is 29.8 Å². The number of halogens is 1. The van der Waals surface area contributed by atoms with E-state index in [0.717, 1.165) is 0 Å². The van der Waals surface area contributed by atoms with Crippen LogP contribution in [0, 0.1) is 0 Å².